The smallest absolute Gasteiger partial charge is 0.170 e. The fraction of sp³-hybridized carbons (Fsp3) is 0.533. The molecule has 20 heavy (non-hydrogen) atoms. The molecule has 2 fully saturated rings. The van der Waals surface area contributed by atoms with E-state index in [1.54, 1.807) is 0 Å². The maximum absolute atomic E-state index is 12.6. The van der Waals surface area contributed by atoms with Crippen molar-refractivity contribution in [1.82, 2.24) is 0 Å². The Kier molecular flexibility index (Phi) is 3.21. The van der Waals surface area contributed by atoms with E-state index in [-0.39, 0.29) is 6.61 Å². The van der Waals surface area contributed by atoms with E-state index in [2.05, 4.69) is 0 Å². The summed E-state index contributed by atoms with van der Waals surface area (Å²) in [5, 5.41) is 0. The predicted molar refractivity (Wildman–Crippen MR) is 75.0 cm³/mol. The van der Waals surface area contributed by atoms with E-state index in [4.69, 9.17) is 4.74 Å². The van der Waals surface area contributed by atoms with Gasteiger partial charge in [0.1, 0.15) is 11.0 Å². The number of rotatable bonds is 7. The molecular formula is C15H18O4S. The molecule has 1 aromatic carbocycles. The van der Waals surface area contributed by atoms with Gasteiger partial charge in [0.2, 0.25) is 0 Å². The summed E-state index contributed by atoms with van der Waals surface area (Å²) in [4.78, 5) is 11.1. The molecule has 0 radical (unpaired) electrons. The lowest BCUT2D eigenvalue weighted by atomic mass is 10.2. The largest absolute Gasteiger partial charge is 0.375 e. The Morgan fingerprint density at radius 2 is 1.75 bits per heavy atom. The van der Waals surface area contributed by atoms with Gasteiger partial charge in [-0.1, -0.05) is 30.3 Å². The highest BCUT2D eigenvalue weighted by atomic mass is 32.2. The molecule has 2 aliphatic carbocycles. The van der Waals surface area contributed by atoms with E-state index >= 15 is 0 Å². The first-order valence-electron chi connectivity index (χ1n) is 6.88. The van der Waals surface area contributed by atoms with Crippen LogP contribution in [0.5, 0.6) is 0 Å². The average molecular weight is 294 g/mol. The van der Waals surface area contributed by atoms with Crippen LogP contribution in [0.3, 0.4) is 0 Å². The van der Waals surface area contributed by atoms with Crippen molar-refractivity contribution < 1.29 is 17.9 Å². The third kappa shape index (κ3) is 2.09. The SMILES string of the molecule is O=CC1(S(=O)(=O)C2(COCc3ccccc3)CC2)CC1. The Morgan fingerprint density at radius 1 is 1.10 bits per heavy atom. The molecule has 0 bridgehead atoms. The molecule has 0 saturated heterocycles. The highest BCUT2D eigenvalue weighted by molar-refractivity contribution is 7.95. The van der Waals surface area contributed by atoms with Crippen molar-refractivity contribution in [2.45, 2.75) is 41.8 Å². The van der Waals surface area contributed by atoms with Crippen LogP contribution in [0.25, 0.3) is 0 Å². The molecule has 108 valence electrons. The summed E-state index contributed by atoms with van der Waals surface area (Å²) in [7, 11) is -3.41. The maximum atomic E-state index is 12.6. The van der Waals surface area contributed by atoms with Crippen LogP contribution in [0, 0.1) is 0 Å². The highest BCUT2D eigenvalue weighted by Crippen LogP contribution is 2.55. The monoisotopic (exact) mass is 294 g/mol. The molecule has 0 heterocycles. The summed E-state index contributed by atoms with van der Waals surface area (Å²) in [6.45, 7) is 0.603. The number of carbonyl (C=O) groups excluding carboxylic acids is 1. The van der Waals surface area contributed by atoms with Crippen LogP contribution in [0.15, 0.2) is 30.3 Å². The quantitative estimate of drug-likeness (QED) is 0.720. The van der Waals surface area contributed by atoms with E-state index in [1.165, 1.54) is 0 Å². The number of aldehydes is 1. The van der Waals surface area contributed by atoms with Gasteiger partial charge >= 0.3 is 0 Å². The molecule has 0 amide bonds. The predicted octanol–water partition coefficient (Wildman–Crippen LogP) is 1.88. The molecule has 0 atom stereocenters. The number of ether oxygens (including phenoxy) is 1. The normalized spacial score (nSPS) is 22.2. The fourth-order valence-corrected chi connectivity index (χ4v) is 5.07. The number of carbonyl (C=O) groups is 1. The van der Waals surface area contributed by atoms with Crippen LogP contribution in [0.4, 0.5) is 0 Å². The van der Waals surface area contributed by atoms with Gasteiger partial charge < -0.3 is 9.53 Å². The third-order valence-corrected chi connectivity index (χ3v) is 7.59. The first-order chi connectivity index (χ1) is 9.55. The molecule has 0 unspecified atom stereocenters. The summed E-state index contributed by atoms with van der Waals surface area (Å²) in [5.74, 6) is 0. The van der Waals surface area contributed by atoms with Crippen molar-refractivity contribution in [3.63, 3.8) is 0 Å². The molecule has 0 N–H and O–H groups in total. The van der Waals surface area contributed by atoms with E-state index in [9.17, 15) is 13.2 Å². The van der Waals surface area contributed by atoms with E-state index in [0.717, 1.165) is 5.56 Å². The second-order valence-electron chi connectivity index (χ2n) is 5.85. The molecule has 1 aromatic rings. The van der Waals surface area contributed by atoms with E-state index in [1.807, 2.05) is 30.3 Å². The zero-order valence-corrected chi connectivity index (χ0v) is 12.1. The molecule has 4 nitrogen and oxygen atoms in total. The van der Waals surface area contributed by atoms with Crippen molar-refractivity contribution in [3.8, 4) is 0 Å². The zero-order chi connectivity index (χ0) is 14.3. The molecule has 3 rings (SSSR count). The van der Waals surface area contributed by atoms with Crippen LogP contribution < -0.4 is 0 Å². The lowest BCUT2D eigenvalue weighted by Gasteiger charge is -2.20. The third-order valence-electron chi connectivity index (χ3n) is 4.35. The Hall–Kier alpha value is -1.20. The van der Waals surface area contributed by atoms with E-state index in [0.29, 0.717) is 38.6 Å². The fourth-order valence-electron chi connectivity index (χ4n) is 2.56. The molecule has 0 aliphatic heterocycles. The van der Waals surface area contributed by atoms with Crippen molar-refractivity contribution in [2.24, 2.45) is 0 Å². The Bertz CT molecular complexity index is 598. The zero-order valence-electron chi connectivity index (χ0n) is 11.2. The van der Waals surface area contributed by atoms with Gasteiger partial charge in [0.15, 0.2) is 9.84 Å². The topological polar surface area (TPSA) is 60.4 Å². The molecule has 5 heteroatoms. The summed E-state index contributed by atoms with van der Waals surface area (Å²) in [6, 6.07) is 9.67. The number of hydrogen-bond acceptors (Lipinski definition) is 4. The standard InChI is InChI=1S/C15H18O4S/c16-11-14(6-7-14)20(17,18)15(8-9-15)12-19-10-13-4-2-1-3-5-13/h1-5,11H,6-10,12H2. The molecule has 2 saturated carbocycles. The van der Waals surface area contributed by atoms with Gasteiger partial charge in [-0.25, -0.2) is 8.42 Å². The van der Waals surface area contributed by atoms with Gasteiger partial charge in [0.05, 0.1) is 18.0 Å². The highest BCUT2D eigenvalue weighted by Gasteiger charge is 2.67. The molecular weight excluding hydrogens is 276 g/mol. The number of sulfone groups is 1. The molecule has 2 aliphatic rings. The van der Waals surface area contributed by atoms with Crippen molar-refractivity contribution in [3.05, 3.63) is 35.9 Å². The summed E-state index contributed by atoms with van der Waals surface area (Å²) in [6.07, 6.45) is 2.79. The number of hydrogen-bond donors (Lipinski definition) is 0. The maximum Gasteiger partial charge on any atom is 0.170 e. The van der Waals surface area contributed by atoms with Gasteiger partial charge in [-0.3, -0.25) is 0 Å². The lowest BCUT2D eigenvalue weighted by Crippen LogP contribution is -2.39. The van der Waals surface area contributed by atoms with Gasteiger partial charge in [0.25, 0.3) is 0 Å². The Balaban J connectivity index is 1.64. The summed E-state index contributed by atoms with van der Waals surface area (Å²) in [5.41, 5.74) is 1.03. The summed E-state index contributed by atoms with van der Waals surface area (Å²) >= 11 is 0. The second kappa shape index (κ2) is 4.67. The lowest BCUT2D eigenvalue weighted by molar-refractivity contribution is -0.108. The van der Waals surface area contributed by atoms with Crippen LogP contribution in [0.1, 0.15) is 31.2 Å². The first kappa shape index (κ1) is 13.8. The minimum absolute atomic E-state index is 0.194. The van der Waals surface area contributed by atoms with Crippen LogP contribution in [-0.2, 0) is 26.0 Å². The van der Waals surface area contributed by atoms with Crippen LogP contribution in [0.2, 0.25) is 0 Å². The Labute approximate surface area is 119 Å². The van der Waals surface area contributed by atoms with E-state index < -0.39 is 19.3 Å². The molecule has 0 aromatic heterocycles. The van der Waals surface area contributed by atoms with Crippen molar-refractivity contribution >= 4 is 16.1 Å². The van der Waals surface area contributed by atoms with Gasteiger partial charge in [-0.2, -0.15) is 0 Å². The Morgan fingerprint density at radius 3 is 2.25 bits per heavy atom. The van der Waals surface area contributed by atoms with Crippen LogP contribution in [-0.4, -0.2) is 30.8 Å². The minimum Gasteiger partial charge on any atom is -0.375 e. The first-order valence-corrected chi connectivity index (χ1v) is 8.36. The van der Waals surface area contributed by atoms with Crippen molar-refractivity contribution in [1.29, 1.82) is 0 Å². The second-order valence-corrected chi connectivity index (χ2v) is 8.53. The van der Waals surface area contributed by atoms with Gasteiger partial charge in [0, 0.05) is 0 Å². The van der Waals surface area contributed by atoms with Crippen molar-refractivity contribution in [2.75, 3.05) is 6.61 Å². The summed E-state index contributed by atoms with van der Waals surface area (Å²) < 4.78 is 28.8. The molecule has 0 spiro atoms. The average Bonchev–Trinajstić information content (AvgIpc) is 3.34. The van der Waals surface area contributed by atoms with Crippen LogP contribution >= 0.6 is 0 Å². The van der Waals surface area contributed by atoms with Gasteiger partial charge in [-0.05, 0) is 31.2 Å². The minimum atomic E-state index is -3.41. The number of benzene rings is 1. The van der Waals surface area contributed by atoms with Gasteiger partial charge in [-0.15, -0.1) is 0 Å².